The van der Waals surface area contributed by atoms with E-state index in [1.165, 1.54) is 22.5 Å². The number of carboxylic acids is 1. The maximum absolute atomic E-state index is 12.7. The van der Waals surface area contributed by atoms with Gasteiger partial charge in [-0.05, 0) is 12.1 Å². The van der Waals surface area contributed by atoms with Crippen LogP contribution in [0.4, 0.5) is 0 Å². The second-order valence-electron chi connectivity index (χ2n) is 4.88. The van der Waals surface area contributed by atoms with Crippen LogP contribution in [-0.4, -0.2) is 47.4 Å². The molecule has 7 heteroatoms. The summed E-state index contributed by atoms with van der Waals surface area (Å²) in [5.74, 6) is -1.23. The minimum atomic E-state index is -3.76. The van der Waals surface area contributed by atoms with Crippen molar-refractivity contribution in [2.45, 2.75) is 29.2 Å². The first-order valence-electron chi connectivity index (χ1n) is 6.30. The van der Waals surface area contributed by atoms with Gasteiger partial charge >= 0.3 is 5.97 Å². The van der Waals surface area contributed by atoms with Gasteiger partial charge in [0, 0.05) is 23.6 Å². The lowest BCUT2D eigenvalue weighted by Crippen LogP contribution is -2.44. The molecule has 20 heavy (non-hydrogen) atoms. The number of benzene rings is 1. The summed E-state index contributed by atoms with van der Waals surface area (Å²) in [6, 6.07) is 5.75. The van der Waals surface area contributed by atoms with E-state index in [-0.39, 0.29) is 21.0 Å². The van der Waals surface area contributed by atoms with Gasteiger partial charge in [-0.15, -0.1) is 0 Å². The largest absolute Gasteiger partial charge is 0.478 e. The Bertz CT molecular complexity index is 605. The van der Waals surface area contributed by atoms with Gasteiger partial charge in [0.1, 0.15) is 0 Å². The maximum atomic E-state index is 12.7. The van der Waals surface area contributed by atoms with Gasteiger partial charge < -0.3 is 5.11 Å². The fourth-order valence-electron chi connectivity index (χ4n) is 2.33. The molecule has 0 aromatic heterocycles. The lowest BCUT2D eigenvalue weighted by molar-refractivity contribution is 0.0692. The fourth-order valence-corrected chi connectivity index (χ4v) is 5.65. The van der Waals surface area contributed by atoms with Crippen LogP contribution >= 0.6 is 11.8 Å². The van der Waals surface area contributed by atoms with Crippen LogP contribution in [0.15, 0.2) is 29.2 Å². The molecule has 1 aliphatic rings. The summed E-state index contributed by atoms with van der Waals surface area (Å²) in [5, 5.41) is 9.54. The van der Waals surface area contributed by atoms with Crippen molar-refractivity contribution in [1.82, 2.24) is 4.31 Å². The van der Waals surface area contributed by atoms with Crippen molar-refractivity contribution < 1.29 is 18.3 Å². The zero-order valence-electron chi connectivity index (χ0n) is 11.3. The molecule has 1 aliphatic heterocycles. The van der Waals surface area contributed by atoms with E-state index in [1.807, 2.05) is 13.8 Å². The molecule has 0 bridgehead atoms. The van der Waals surface area contributed by atoms with Crippen molar-refractivity contribution in [1.29, 1.82) is 0 Å². The summed E-state index contributed by atoms with van der Waals surface area (Å²) < 4.78 is 26.7. The zero-order chi connectivity index (χ0) is 14.9. The molecule has 2 unspecified atom stereocenters. The highest BCUT2D eigenvalue weighted by Crippen LogP contribution is 2.29. The Morgan fingerprint density at radius 2 is 1.80 bits per heavy atom. The molecule has 1 heterocycles. The van der Waals surface area contributed by atoms with Crippen molar-refractivity contribution in [2.75, 3.05) is 13.1 Å². The fraction of sp³-hybridized carbons (Fsp3) is 0.462. The van der Waals surface area contributed by atoms with Gasteiger partial charge in [-0.2, -0.15) is 16.1 Å². The van der Waals surface area contributed by atoms with Gasteiger partial charge in [0.25, 0.3) is 0 Å². The second kappa shape index (κ2) is 5.75. The Morgan fingerprint density at radius 3 is 2.35 bits per heavy atom. The van der Waals surface area contributed by atoms with Crippen molar-refractivity contribution >= 4 is 27.8 Å². The Balaban J connectivity index is 2.43. The van der Waals surface area contributed by atoms with Gasteiger partial charge in [-0.25, -0.2) is 13.2 Å². The predicted molar refractivity (Wildman–Crippen MR) is 78.7 cm³/mol. The number of aromatic carboxylic acids is 1. The number of carboxylic acid groups (broad SMARTS) is 1. The minimum Gasteiger partial charge on any atom is -0.478 e. The number of nitrogens with zero attached hydrogens (tertiary/aromatic N) is 1. The van der Waals surface area contributed by atoms with Crippen molar-refractivity contribution in [3.8, 4) is 0 Å². The highest BCUT2D eigenvalue weighted by Gasteiger charge is 2.34. The molecule has 110 valence electrons. The molecule has 2 atom stereocenters. The van der Waals surface area contributed by atoms with Crippen LogP contribution < -0.4 is 0 Å². The monoisotopic (exact) mass is 315 g/mol. The van der Waals surface area contributed by atoms with E-state index in [0.29, 0.717) is 13.1 Å². The molecule has 1 N–H and O–H groups in total. The van der Waals surface area contributed by atoms with Gasteiger partial charge in [0.15, 0.2) is 0 Å². The summed E-state index contributed by atoms with van der Waals surface area (Å²) >= 11 is 1.74. The molecule has 0 aliphatic carbocycles. The van der Waals surface area contributed by atoms with Crippen molar-refractivity contribution in [3.63, 3.8) is 0 Å². The molecule has 0 spiro atoms. The van der Waals surface area contributed by atoms with Gasteiger partial charge in [-0.1, -0.05) is 26.0 Å². The SMILES string of the molecule is CC1CN(S(=O)(=O)c2ccccc2C(=O)O)CC(C)S1. The molecular weight excluding hydrogens is 298 g/mol. The van der Waals surface area contributed by atoms with Crippen LogP contribution in [0.3, 0.4) is 0 Å². The Morgan fingerprint density at radius 1 is 1.25 bits per heavy atom. The van der Waals surface area contributed by atoms with E-state index in [4.69, 9.17) is 5.11 Å². The normalized spacial score (nSPS) is 24.5. The van der Waals surface area contributed by atoms with E-state index in [0.717, 1.165) is 0 Å². The lowest BCUT2D eigenvalue weighted by atomic mass is 10.2. The van der Waals surface area contributed by atoms with E-state index < -0.39 is 16.0 Å². The molecular formula is C13H17NO4S2. The molecule has 0 radical (unpaired) electrons. The summed E-state index contributed by atoms with van der Waals surface area (Å²) in [4.78, 5) is 11.1. The van der Waals surface area contributed by atoms with E-state index >= 15 is 0 Å². The number of carbonyl (C=O) groups is 1. The first-order valence-corrected chi connectivity index (χ1v) is 8.68. The second-order valence-corrected chi connectivity index (χ2v) is 8.67. The molecule has 0 saturated carbocycles. The number of hydrogen-bond donors (Lipinski definition) is 1. The van der Waals surface area contributed by atoms with Gasteiger partial charge in [0.2, 0.25) is 10.0 Å². The van der Waals surface area contributed by atoms with E-state index in [2.05, 4.69) is 0 Å². The average Bonchev–Trinajstić information content (AvgIpc) is 2.37. The molecule has 1 fully saturated rings. The van der Waals surface area contributed by atoms with E-state index in [1.54, 1.807) is 17.8 Å². The topological polar surface area (TPSA) is 74.7 Å². The average molecular weight is 315 g/mol. The summed E-state index contributed by atoms with van der Waals surface area (Å²) in [5.41, 5.74) is -0.175. The quantitative estimate of drug-likeness (QED) is 0.922. The van der Waals surface area contributed by atoms with Crippen LogP contribution in [0.5, 0.6) is 0 Å². The third kappa shape index (κ3) is 2.99. The maximum Gasteiger partial charge on any atom is 0.337 e. The standard InChI is InChI=1S/C13H17NO4S2/c1-9-7-14(8-10(2)19-9)20(17,18)12-6-4-3-5-11(12)13(15)16/h3-6,9-10H,7-8H2,1-2H3,(H,15,16). The third-order valence-electron chi connectivity index (χ3n) is 3.12. The van der Waals surface area contributed by atoms with Crippen LogP contribution in [0.25, 0.3) is 0 Å². The molecule has 1 aromatic carbocycles. The van der Waals surface area contributed by atoms with Crippen LogP contribution in [0.1, 0.15) is 24.2 Å². The molecule has 2 rings (SSSR count). The zero-order valence-corrected chi connectivity index (χ0v) is 12.9. The molecule has 0 amide bonds. The third-order valence-corrected chi connectivity index (χ3v) is 6.24. The number of thioether (sulfide) groups is 1. The minimum absolute atomic E-state index is 0.126. The van der Waals surface area contributed by atoms with Crippen LogP contribution in [0, 0.1) is 0 Å². The summed E-state index contributed by atoms with van der Waals surface area (Å²) in [6.45, 7) is 4.77. The first kappa shape index (κ1) is 15.3. The highest BCUT2D eigenvalue weighted by molar-refractivity contribution is 8.00. The summed E-state index contributed by atoms with van der Waals surface area (Å²) in [7, 11) is -3.76. The molecule has 1 saturated heterocycles. The van der Waals surface area contributed by atoms with Gasteiger partial charge in [0.05, 0.1) is 10.5 Å². The number of sulfonamides is 1. The van der Waals surface area contributed by atoms with Crippen molar-refractivity contribution in [2.24, 2.45) is 0 Å². The molecule has 5 nitrogen and oxygen atoms in total. The van der Waals surface area contributed by atoms with E-state index in [9.17, 15) is 13.2 Å². The highest BCUT2D eigenvalue weighted by atomic mass is 32.2. The Kier molecular flexibility index (Phi) is 4.41. The summed E-state index contributed by atoms with van der Waals surface area (Å²) in [6.07, 6.45) is 0. The number of rotatable bonds is 3. The van der Waals surface area contributed by atoms with Crippen molar-refractivity contribution in [3.05, 3.63) is 29.8 Å². The molecule has 1 aromatic rings. The predicted octanol–water partition coefficient (Wildman–Crippen LogP) is 1.90. The smallest absolute Gasteiger partial charge is 0.337 e. The van der Waals surface area contributed by atoms with Crippen LogP contribution in [-0.2, 0) is 10.0 Å². The van der Waals surface area contributed by atoms with Crippen LogP contribution in [0.2, 0.25) is 0 Å². The Labute approximate surface area is 123 Å². The number of hydrogen-bond acceptors (Lipinski definition) is 4. The van der Waals surface area contributed by atoms with Gasteiger partial charge in [-0.3, -0.25) is 0 Å². The lowest BCUT2D eigenvalue weighted by Gasteiger charge is -2.33. The Hall–Kier alpha value is -1.05. The first-order chi connectivity index (χ1) is 9.32.